The Kier molecular flexibility index (Phi) is 1.31. The standard InChI is InChI=1S/C8H6N4/c1-6-3-2-4-12-8(6)10-7(5-9)11-12/h2-4H,1H3. The van der Waals surface area contributed by atoms with E-state index in [0.29, 0.717) is 0 Å². The molecular formula is C8H6N4. The molecule has 0 radical (unpaired) electrons. The van der Waals surface area contributed by atoms with E-state index < -0.39 is 0 Å². The molecule has 0 unspecified atom stereocenters. The van der Waals surface area contributed by atoms with Crippen LogP contribution in [-0.2, 0) is 0 Å². The first-order valence-corrected chi connectivity index (χ1v) is 3.53. The lowest BCUT2D eigenvalue weighted by molar-refractivity contribution is 0.945. The summed E-state index contributed by atoms with van der Waals surface area (Å²) in [6, 6.07) is 5.71. The minimum absolute atomic E-state index is 0.212. The Hall–Kier alpha value is -1.89. The molecule has 0 amide bonds. The van der Waals surface area contributed by atoms with Gasteiger partial charge in [-0.1, -0.05) is 6.07 Å². The van der Waals surface area contributed by atoms with Crippen molar-refractivity contribution in [1.29, 1.82) is 5.26 Å². The number of hydrogen-bond donors (Lipinski definition) is 0. The van der Waals surface area contributed by atoms with Crippen molar-refractivity contribution < 1.29 is 0 Å². The lowest BCUT2D eigenvalue weighted by Gasteiger charge is -1.91. The van der Waals surface area contributed by atoms with Gasteiger partial charge < -0.3 is 0 Å². The lowest BCUT2D eigenvalue weighted by Crippen LogP contribution is -1.87. The molecule has 4 nitrogen and oxygen atoms in total. The highest BCUT2D eigenvalue weighted by Gasteiger charge is 2.02. The van der Waals surface area contributed by atoms with Crippen LogP contribution in [-0.4, -0.2) is 14.6 Å². The molecule has 4 heteroatoms. The molecule has 0 aromatic carbocycles. The summed E-state index contributed by atoms with van der Waals surface area (Å²) in [5, 5.41) is 12.5. The summed E-state index contributed by atoms with van der Waals surface area (Å²) in [6.07, 6.45) is 1.77. The van der Waals surface area contributed by atoms with Crippen LogP contribution in [0.5, 0.6) is 0 Å². The van der Waals surface area contributed by atoms with Crippen molar-refractivity contribution in [3.8, 4) is 6.07 Å². The Bertz CT molecular complexity index is 463. The summed E-state index contributed by atoms with van der Waals surface area (Å²) in [4.78, 5) is 4.02. The quantitative estimate of drug-likeness (QED) is 0.572. The number of nitrogens with zero attached hydrogens (tertiary/aromatic N) is 4. The Morgan fingerprint density at radius 3 is 3.08 bits per heavy atom. The third-order valence-corrected chi connectivity index (χ3v) is 1.66. The minimum atomic E-state index is 0.212. The van der Waals surface area contributed by atoms with Crippen molar-refractivity contribution >= 4 is 5.65 Å². The highest BCUT2D eigenvalue weighted by atomic mass is 15.3. The average molecular weight is 158 g/mol. The van der Waals surface area contributed by atoms with Crippen molar-refractivity contribution in [2.45, 2.75) is 6.92 Å². The molecule has 0 fully saturated rings. The predicted molar refractivity (Wildman–Crippen MR) is 42.4 cm³/mol. The van der Waals surface area contributed by atoms with Crippen LogP contribution < -0.4 is 0 Å². The van der Waals surface area contributed by atoms with Crippen molar-refractivity contribution in [3.05, 3.63) is 29.7 Å². The van der Waals surface area contributed by atoms with Crippen molar-refractivity contribution in [3.63, 3.8) is 0 Å². The Morgan fingerprint density at radius 1 is 1.58 bits per heavy atom. The Morgan fingerprint density at radius 2 is 2.42 bits per heavy atom. The molecule has 58 valence electrons. The zero-order valence-electron chi connectivity index (χ0n) is 6.52. The van der Waals surface area contributed by atoms with Gasteiger partial charge in [0.1, 0.15) is 6.07 Å². The van der Waals surface area contributed by atoms with E-state index in [0.717, 1.165) is 11.2 Å². The number of nitriles is 1. The molecule has 0 atom stereocenters. The van der Waals surface area contributed by atoms with Crippen LogP contribution in [0, 0.1) is 18.3 Å². The predicted octanol–water partition coefficient (Wildman–Crippen LogP) is 0.909. The van der Waals surface area contributed by atoms with Gasteiger partial charge in [-0.2, -0.15) is 10.2 Å². The molecule has 2 heterocycles. The van der Waals surface area contributed by atoms with Gasteiger partial charge in [0.25, 0.3) is 5.82 Å². The van der Waals surface area contributed by atoms with Crippen molar-refractivity contribution in [2.75, 3.05) is 0 Å². The molecule has 0 aliphatic heterocycles. The largest absolute Gasteiger partial charge is 0.253 e. The van der Waals surface area contributed by atoms with E-state index in [2.05, 4.69) is 10.1 Å². The molecule has 0 saturated heterocycles. The van der Waals surface area contributed by atoms with Gasteiger partial charge in [-0.3, -0.25) is 0 Å². The molecule has 0 aliphatic rings. The van der Waals surface area contributed by atoms with Crippen molar-refractivity contribution in [2.24, 2.45) is 0 Å². The molecule has 0 spiro atoms. The SMILES string of the molecule is Cc1cccn2nc(C#N)nc12. The number of aromatic nitrogens is 3. The Labute approximate surface area is 69.1 Å². The number of pyridine rings is 1. The van der Waals surface area contributed by atoms with Gasteiger partial charge in [0.05, 0.1) is 0 Å². The number of aryl methyl sites for hydroxylation is 1. The topological polar surface area (TPSA) is 54.0 Å². The number of rotatable bonds is 0. The van der Waals surface area contributed by atoms with E-state index in [-0.39, 0.29) is 5.82 Å². The molecule has 0 N–H and O–H groups in total. The normalized spacial score (nSPS) is 10.0. The van der Waals surface area contributed by atoms with E-state index in [9.17, 15) is 0 Å². The first-order chi connectivity index (χ1) is 5.81. The number of hydrogen-bond acceptors (Lipinski definition) is 3. The van der Waals surface area contributed by atoms with E-state index in [1.54, 1.807) is 10.7 Å². The van der Waals surface area contributed by atoms with E-state index in [4.69, 9.17) is 5.26 Å². The summed E-state index contributed by atoms with van der Waals surface area (Å²) in [6.45, 7) is 1.94. The van der Waals surface area contributed by atoms with Crippen LogP contribution in [0.15, 0.2) is 18.3 Å². The minimum Gasteiger partial charge on any atom is -0.220 e. The fourth-order valence-electron chi connectivity index (χ4n) is 1.09. The van der Waals surface area contributed by atoms with Gasteiger partial charge in [-0.15, -0.1) is 5.10 Å². The van der Waals surface area contributed by atoms with Gasteiger partial charge in [-0.25, -0.2) is 4.52 Å². The second-order valence-corrected chi connectivity index (χ2v) is 2.51. The molecular weight excluding hydrogens is 152 g/mol. The maximum absolute atomic E-state index is 8.54. The molecule has 2 aromatic rings. The molecule has 2 aromatic heterocycles. The summed E-state index contributed by atoms with van der Waals surface area (Å²) in [5.74, 6) is 0.212. The maximum Gasteiger partial charge on any atom is 0.253 e. The highest BCUT2D eigenvalue weighted by Crippen LogP contribution is 2.05. The first-order valence-electron chi connectivity index (χ1n) is 3.53. The fourth-order valence-corrected chi connectivity index (χ4v) is 1.09. The zero-order chi connectivity index (χ0) is 8.55. The van der Waals surface area contributed by atoms with E-state index in [1.807, 2.05) is 25.1 Å². The van der Waals surface area contributed by atoms with Crippen LogP contribution in [0.2, 0.25) is 0 Å². The maximum atomic E-state index is 8.54. The summed E-state index contributed by atoms with van der Waals surface area (Å²) < 4.78 is 1.61. The fraction of sp³-hybridized carbons (Fsp3) is 0.125. The van der Waals surface area contributed by atoms with Gasteiger partial charge in [0, 0.05) is 6.20 Å². The molecule has 2 rings (SSSR count). The van der Waals surface area contributed by atoms with Gasteiger partial charge in [-0.05, 0) is 18.6 Å². The van der Waals surface area contributed by atoms with Crippen LogP contribution in [0.3, 0.4) is 0 Å². The van der Waals surface area contributed by atoms with Crippen molar-refractivity contribution in [1.82, 2.24) is 14.6 Å². The number of fused-ring (bicyclic) bond motifs is 1. The van der Waals surface area contributed by atoms with Crippen LogP contribution >= 0.6 is 0 Å². The monoisotopic (exact) mass is 158 g/mol. The third-order valence-electron chi connectivity index (χ3n) is 1.66. The Balaban J connectivity index is 2.85. The van der Waals surface area contributed by atoms with E-state index >= 15 is 0 Å². The smallest absolute Gasteiger partial charge is 0.220 e. The van der Waals surface area contributed by atoms with Crippen LogP contribution in [0.4, 0.5) is 0 Å². The van der Waals surface area contributed by atoms with Gasteiger partial charge >= 0.3 is 0 Å². The zero-order valence-corrected chi connectivity index (χ0v) is 6.52. The van der Waals surface area contributed by atoms with E-state index in [1.165, 1.54) is 0 Å². The third kappa shape index (κ3) is 0.839. The lowest BCUT2D eigenvalue weighted by atomic mass is 10.3. The molecule has 0 saturated carbocycles. The second-order valence-electron chi connectivity index (χ2n) is 2.51. The summed E-state index contributed by atoms with van der Waals surface area (Å²) in [7, 11) is 0. The molecule has 12 heavy (non-hydrogen) atoms. The van der Waals surface area contributed by atoms with Gasteiger partial charge in [0.2, 0.25) is 0 Å². The van der Waals surface area contributed by atoms with Gasteiger partial charge in [0.15, 0.2) is 5.65 Å². The average Bonchev–Trinajstić information content (AvgIpc) is 2.49. The second kappa shape index (κ2) is 2.31. The highest BCUT2D eigenvalue weighted by molar-refractivity contribution is 5.46. The van der Waals surface area contributed by atoms with Crippen LogP contribution in [0.25, 0.3) is 5.65 Å². The summed E-state index contributed by atoms with van der Waals surface area (Å²) in [5.41, 5.74) is 1.76. The first kappa shape index (κ1) is 6.80. The van der Waals surface area contributed by atoms with Crippen LogP contribution in [0.1, 0.15) is 11.4 Å². The molecule has 0 bridgehead atoms. The molecule has 0 aliphatic carbocycles. The summed E-state index contributed by atoms with van der Waals surface area (Å²) >= 11 is 0.